The van der Waals surface area contributed by atoms with Gasteiger partial charge >= 0.3 is 0 Å². The van der Waals surface area contributed by atoms with E-state index in [0.29, 0.717) is 0 Å². The summed E-state index contributed by atoms with van der Waals surface area (Å²) in [4.78, 5) is 2.25. The minimum atomic E-state index is 0.257. The van der Waals surface area contributed by atoms with Crippen molar-refractivity contribution in [2.45, 2.75) is 0 Å². The molecule has 0 aromatic heterocycles. The summed E-state index contributed by atoms with van der Waals surface area (Å²) in [5.74, 6) is 0.515. The molecule has 0 saturated carbocycles. The topological polar surface area (TPSA) is 43.7 Å². The SMILES string of the molecule is Oc1ccc(-c2ccc(N(c3ccc(-c4ccc(O)cc4)cc3)c3ccc(-c4ccc(-c5ccccc5)cc4)cc3)cc2)cc1. The molecule has 0 amide bonds. The fraction of sp³-hybridized carbons (Fsp3) is 0. The Morgan fingerprint density at radius 2 is 0.467 bits per heavy atom. The maximum absolute atomic E-state index is 9.71. The zero-order chi connectivity index (χ0) is 30.6. The molecule has 0 atom stereocenters. The van der Waals surface area contributed by atoms with Crippen molar-refractivity contribution in [2.24, 2.45) is 0 Å². The van der Waals surface area contributed by atoms with Crippen LogP contribution in [0.4, 0.5) is 17.1 Å². The molecule has 0 heterocycles. The summed E-state index contributed by atoms with van der Waals surface area (Å²) in [6.07, 6.45) is 0. The van der Waals surface area contributed by atoms with Crippen LogP contribution >= 0.6 is 0 Å². The summed E-state index contributed by atoms with van der Waals surface area (Å²) in [6, 6.07) is 59.4. The highest BCUT2D eigenvalue weighted by molar-refractivity contribution is 5.81. The molecule has 216 valence electrons. The number of nitrogens with zero attached hydrogens (tertiary/aromatic N) is 1. The first-order valence-corrected chi connectivity index (χ1v) is 15.0. The van der Waals surface area contributed by atoms with Gasteiger partial charge in [-0.2, -0.15) is 0 Å². The average Bonchev–Trinajstić information content (AvgIpc) is 3.11. The Labute approximate surface area is 263 Å². The van der Waals surface area contributed by atoms with Crippen LogP contribution in [0, 0.1) is 0 Å². The van der Waals surface area contributed by atoms with Gasteiger partial charge in [0.2, 0.25) is 0 Å². The van der Waals surface area contributed by atoms with Crippen LogP contribution in [-0.4, -0.2) is 10.2 Å². The van der Waals surface area contributed by atoms with E-state index in [-0.39, 0.29) is 11.5 Å². The van der Waals surface area contributed by atoms with Gasteiger partial charge in [0, 0.05) is 17.1 Å². The van der Waals surface area contributed by atoms with E-state index < -0.39 is 0 Å². The van der Waals surface area contributed by atoms with Gasteiger partial charge in [-0.3, -0.25) is 0 Å². The number of hydrogen-bond donors (Lipinski definition) is 2. The van der Waals surface area contributed by atoms with Crippen LogP contribution < -0.4 is 4.90 Å². The van der Waals surface area contributed by atoms with Crippen molar-refractivity contribution in [3.05, 3.63) is 176 Å². The minimum Gasteiger partial charge on any atom is -0.508 e. The van der Waals surface area contributed by atoms with E-state index in [1.54, 1.807) is 24.3 Å². The molecule has 0 aliphatic carbocycles. The van der Waals surface area contributed by atoms with Crippen LogP contribution in [-0.2, 0) is 0 Å². The number of phenols is 2. The fourth-order valence-electron chi connectivity index (χ4n) is 5.65. The average molecular weight is 582 g/mol. The highest BCUT2D eigenvalue weighted by Gasteiger charge is 2.14. The lowest BCUT2D eigenvalue weighted by Gasteiger charge is -2.26. The second-order valence-electron chi connectivity index (χ2n) is 11.0. The molecule has 0 saturated heterocycles. The summed E-state index contributed by atoms with van der Waals surface area (Å²) in [5.41, 5.74) is 12.1. The van der Waals surface area contributed by atoms with Crippen LogP contribution in [0.1, 0.15) is 0 Å². The first-order valence-electron chi connectivity index (χ1n) is 15.0. The molecule has 7 rings (SSSR count). The predicted molar refractivity (Wildman–Crippen MR) is 186 cm³/mol. The summed E-state index contributed by atoms with van der Waals surface area (Å²) in [6.45, 7) is 0. The van der Waals surface area contributed by atoms with E-state index >= 15 is 0 Å². The molecule has 7 aromatic carbocycles. The molecule has 3 nitrogen and oxygen atoms in total. The molecule has 0 radical (unpaired) electrons. The number of aromatic hydroxyl groups is 2. The summed E-state index contributed by atoms with van der Waals surface area (Å²) in [7, 11) is 0. The summed E-state index contributed by atoms with van der Waals surface area (Å²) in [5, 5.41) is 19.4. The third-order valence-corrected chi connectivity index (χ3v) is 8.10. The van der Waals surface area contributed by atoms with Gasteiger partial charge in [0.1, 0.15) is 11.5 Å². The quantitative estimate of drug-likeness (QED) is 0.197. The number of hydrogen-bond acceptors (Lipinski definition) is 3. The van der Waals surface area contributed by atoms with Crippen LogP contribution in [0.5, 0.6) is 11.5 Å². The molecule has 2 N–H and O–H groups in total. The Kier molecular flexibility index (Phi) is 7.57. The Hall–Kier alpha value is -6.06. The highest BCUT2D eigenvalue weighted by Crippen LogP contribution is 2.38. The van der Waals surface area contributed by atoms with E-state index in [1.807, 2.05) is 30.3 Å². The monoisotopic (exact) mass is 581 g/mol. The largest absolute Gasteiger partial charge is 0.508 e. The summed E-state index contributed by atoms with van der Waals surface area (Å²) < 4.78 is 0. The van der Waals surface area contributed by atoms with Gasteiger partial charge in [0.15, 0.2) is 0 Å². The molecule has 0 bridgehead atoms. The second-order valence-corrected chi connectivity index (χ2v) is 11.0. The van der Waals surface area contributed by atoms with Crippen molar-refractivity contribution < 1.29 is 10.2 Å². The van der Waals surface area contributed by atoms with Crippen LogP contribution in [0.2, 0.25) is 0 Å². The molecule has 45 heavy (non-hydrogen) atoms. The normalized spacial score (nSPS) is 10.8. The smallest absolute Gasteiger partial charge is 0.115 e. The Morgan fingerprint density at radius 1 is 0.244 bits per heavy atom. The third-order valence-electron chi connectivity index (χ3n) is 8.10. The molecule has 0 fully saturated rings. The lowest BCUT2D eigenvalue weighted by atomic mass is 10.00. The molecule has 0 unspecified atom stereocenters. The summed E-state index contributed by atoms with van der Waals surface area (Å²) >= 11 is 0. The van der Waals surface area contributed by atoms with E-state index in [2.05, 4.69) is 126 Å². The molecular formula is C42H31NO2. The first kappa shape index (κ1) is 27.8. The van der Waals surface area contributed by atoms with Gasteiger partial charge in [-0.15, -0.1) is 0 Å². The van der Waals surface area contributed by atoms with Crippen LogP contribution in [0.15, 0.2) is 176 Å². The van der Waals surface area contributed by atoms with Gasteiger partial charge < -0.3 is 15.1 Å². The van der Waals surface area contributed by atoms with Crippen molar-refractivity contribution in [1.29, 1.82) is 0 Å². The Balaban J connectivity index is 1.22. The number of rotatable bonds is 7. The maximum Gasteiger partial charge on any atom is 0.115 e. The van der Waals surface area contributed by atoms with Crippen molar-refractivity contribution in [3.8, 4) is 56.0 Å². The number of anilines is 3. The van der Waals surface area contributed by atoms with E-state index in [4.69, 9.17) is 0 Å². The molecule has 7 aromatic rings. The predicted octanol–water partition coefficient (Wildman–Crippen LogP) is 11.2. The van der Waals surface area contributed by atoms with Gasteiger partial charge in [0.25, 0.3) is 0 Å². The Bertz CT molecular complexity index is 1910. The van der Waals surface area contributed by atoms with Crippen molar-refractivity contribution in [2.75, 3.05) is 4.90 Å². The van der Waals surface area contributed by atoms with E-state index in [9.17, 15) is 10.2 Å². The lowest BCUT2D eigenvalue weighted by molar-refractivity contribution is 0.475. The zero-order valence-corrected chi connectivity index (χ0v) is 24.6. The minimum absolute atomic E-state index is 0.257. The van der Waals surface area contributed by atoms with E-state index in [1.165, 1.54) is 16.7 Å². The molecule has 0 aliphatic heterocycles. The standard InChI is InChI=1S/C42H31NO2/c44-41-26-16-36(17-27-41)34-12-22-39(23-13-34)43(40-24-14-35(15-25-40)37-18-28-42(45)29-19-37)38-20-10-33(11-21-38)32-8-6-31(7-9-32)30-4-2-1-3-5-30/h1-29,44-45H. The van der Waals surface area contributed by atoms with Crippen molar-refractivity contribution >= 4 is 17.1 Å². The van der Waals surface area contributed by atoms with E-state index in [0.717, 1.165) is 44.9 Å². The number of phenolic OH excluding ortho intramolecular Hbond substituents is 2. The van der Waals surface area contributed by atoms with Gasteiger partial charge in [-0.1, -0.05) is 115 Å². The molecule has 0 aliphatic rings. The molecule has 0 spiro atoms. The third kappa shape index (κ3) is 6.06. The van der Waals surface area contributed by atoms with Gasteiger partial charge in [-0.25, -0.2) is 0 Å². The maximum atomic E-state index is 9.71. The first-order chi connectivity index (χ1) is 22.1. The van der Waals surface area contributed by atoms with Crippen LogP contribution in [0.3, 0.4) is 0 Å². The Morgan fingerprint density at radius 3 is 0.756 bits per heavy atom. The van der Waals surface area contributed by atoms with Gasteiger partial charge in [-0.05, 0) is 105 Å². The zero-order valence-electron chi connectivity index (χ0n) is 24.6. The van der Waals surface area contributed by atoms with Crippen LogP contribution in [0.25, 0.3) is 44.5 Å². The van der Waals surface area contributed by atoms with Gasteiger partial charge in [0.05, 0.1) is 0 Å². The lowest BCUT2D eigenvalue weighted by Crippen LogP contribution is -2.09. The van der Waals surface area contributed by atoms with Crippen molar-refractivity contribution in [1.82, 2.24) is 0 Å². The second kappa shape index (κ2) is 12.3. The molecule has 3 heteroatoms. The fourth-order valence-corrected chi connectivity index (χ4v) is 5.65. The number of benzene rings is 7. The highest BCUT2D eigenvalue weighted by atomic mass is 16.3. The van der Waals surface area contributed by atoms with Crippen molar-refractivity contribution in [3.63, 3.8) is 0 Å². The molecular weight excluding hydrogens is 550 g/mol.